The summed E-state index contributed by atoms with van der Waals surface area (Å²) in [6, 6.07) is -0.504. The molecule has 0 aliphatic heterocycles. The highest BCUT2D eigenvalue weighted by atomic mass is 16.4. The summed E-state index contributed by atoms with van der Waals surface area (Å²) >= 11 is 0. The SMILES string of the molecule is CCN(CC1CCC1)C(=O)NC(C)C(C)C(=O)O. The first-order valence-electron chi connectivity index (χ1n) is 6.74. The number of hydrogen-bond acceptors (Lipinski definition) is 2. The quantitative estimate of drug-likeness (QED) is 0.763. The number of carboxylic acid groups (broad SMARTS) is 1. The van der Waals surface area contributed by atoms with Crippen molar-refractivity contribution in [1.82, 2.24) is 10.2 Å². The van der Waals surface area contributed by atoms with Crippen LogP contribution in [0, 0.1) is 11.8 Å². The maximum atomic E-state index is 12.0. The molecule has 0 aromatic heterocycles. The van der Waals surface area contributed by atoms with Gasteiger partial charge in [-0.15, -0.1) is 0 Å². The first-order chi connectivity index (χ1) is 8.45. The molecule has 104 valence electrons. The van der Waals surface area contributed by atoms with Gasteiger partial charge in [0.25, 0.3) is 0 Å². The van der Waals surface area contributed by atoms with Gasteiger partial charge < -0.3 is 15.3 Å². The number of rotatable bonds is 6. The number of carbonyl (C=O) groups is 2. The van der Waals surface area contributed by atoms with Crippen LogP contribution in [0.4, 0.5) is 4.79 Å². The second kappa shape index (κ2) is 6.61. The Balaban J connectivity index is 2.42. The third kappa shape index (κ3) is 3.89. The Hall–Kier alpha value is -1.26. The highest BCUT2D eigenvalue weighted by Gasteiger charge is 2.26. The average Bonchev–Trinajstić information content (AvgIpc) is 2.26. The van der Waals surface area contributed by atoms with Crippen LogP contribution in [0.15, 0.2) is 0 Å². The Kier molecular flexibility index (Phi) is 5.44. The summed E-state index contributed by atoms with van der Waals surface area (Å²) in [5.41, 5.74) is 0. The molecular weight excluding hydrogens is 232 g/mol. The van der Waals surface area contributed by atoms with E-state index < -0.39 is 11.9 Å². The van der Waals surface area contributed by atoms with Gasteiger partial charge in [0.15, 0.2) is 0 Å². The summed E-state index contributed by atoms with van der Waals surface area (Å²) in [7, 11) is 0. The van der Waals surface area contributed by atoms with Gasteiger partial charge in [-0.2, -0.15) is 0 Å². The molecule has 5 heteroatoms. The van der Waals surface area contributed by atoms with Gasteiger partial charge in [0.2, 0.25) is 0 Å². The number of urea groups is 1. The number of nitrogens with zero attached hydrogens (tertiary/aromatic N) is 1. The minimum atomic E-state index is -0.884. The number of aliphatic carboxylic acids is 1. The fraction of sp³-hybridized carbons (Fsp3) is 0.846. The van der Waals surface area contributed by atoms with E-state index in [1.54, 1.807) is 18.7 Å². The predicted octanol–water partition coefficient (Wildman–Crippen LogP) is 1.93. The third-order valence-electron chi connectivity index (χ3n) is 3.86. The second-order valence-electron chi connectivity index (χ2n) is 5.20. The molecule has 0 spiro atoms. The smallest absolute Gasteiger partial charge is 0.317 e. The fourth-order valence-electron chi connectivity index (χ4n) is 1.97. The Labute approximate surface area is 109 Å². The van der Waals surface area contributed by atoms with Crippen LogP contribution in [0.1, 0.15) is 40.0 Å². The van der Waals surface area contributed by atoms with E-state index >= 15 is 0 Å². The van der Waals surface area contributed by atoms with Gasteiger partial charge in [-0.05, 0) is 39.5 Å². The summed E-state index contributed by atoms with van der Waals surface area (Å²) in [5, 5.41) is 11.7. The zero-order valence-electron chi connectivity index (χ0n) is 11.5. The van der Waals surface area contributed by atoms with E-state index in [1.807, 2.05) is 6.92 Å². The zero-order chi connectivity index (χ0) is 13.7. The fourth-order valence-corrected chi connectivity index (χ4v) is 1.97. The molecule has 0 saturated heterocycles. The molecule has 0 radical (unpaired) electrons. The van der Waals surface area contributed by atoms with Crippen LogP contribution in [0.3, 0.4) is 0 Å². The van der Waals surface area contributed by atoms with E-state index in [1.165, 1.54) is 19.3 Å². The van der Waals surface area contributed by atoms with Crippen molar-refractivity contribution >= 4 is 12.0 Å². The van der Waals surface area contributed by atoms with Crippen LogP contribution in [0.5, 0.6) is 0 Å². The van der Waals surface area contributed by atoms with Crippen LogP contribution in [-0.2, 0) is 4.79 Å². The van der Waals surface area contributed by atoms with Gasteiger partial charge in [-0.1, -0.05) is 6.42 Å². The highest BCUT2D eigenvalue weighted by molar-refractivity contribution is 5.76. The van der Waals surface area contributed by atoms with Crippen molar-refractivity contribution < 1.29 is 14.7 Å². The van der Waals surface area contributed by atoms with Gasteiger partial charge in [0.05, 0.1) is 5.92 Å². The number of carboxylic acids is 1. The predicted molar refractivity (Wildman–Crippen MR) is 69.4 cm³/mol. The van der Waals surface area contributed by atoms with Gasteiger partial charge in [0, 0.05) is 19.1 Å². The third-order valence-corrected chi connectivity index (χ3v) is 3.86. The molecule has 1 aliphatic rings. The molecule has 2 unspecified atom stereocenters. The molecule has 2 amide bonds. The van der Waals surface area contributed by atoms with Gasteiger partial charge in [-0.3, -0.25) is 4.79 Å². The Morgan fingerprint density at radius 1 is 1.39 bits per heavy atom. The minimum absolute atomic E-state index is 0.148. The lowest BCUT2D eigenvalue weighted by Crippen LogP contribution is -2.49. The Morgan fingerprint density at radius 2 is 2.00 bits per heavy atom. The van der Waals surface area contributed by atoms with Crippen molar-refractivity contribution in [3.8, 4) is 0 Å². The molecule has 1 rings (SSSR count). The van der Waals surface area contributed by atoms with Crippen LogP contribution < -0.4 is 5.32 Å². The Bertz CT molecular complexity index is 303. The van der Waals surface area contributed by atoms with E-state index in [2.05, 4.69) is 5.32 Å². The molecule has 18 heavy (non-hydrogen) atoms. The molecule has 0 bridgehead atoms. The van der Waals surface area contributed by atoms with E-state index in [-0.39, 0.29) is 12.1 Å². The lowest BCUT2D eigenvalue weighted by molar-refractivity contribution is -0.141. The van der Waals surface area contributed by atoms with Crippen LogP contribution in [-0.4, -0.2) is 41.1 Å². The van der Waals surface area contributed by atoms with Crippen LogP contribution >= 0.6 is 0 Å². The van der Waals surface area contributed by atoms with Crippen molar-refractivity contribution in [3.63, 3.8) is 0 Å². The first-order valence-corrected chi connectivity index (χ1v) is 6.74. The first kappa shape index (κ1) is 14.8. The van der Waals surface area contributed by atoms with Crippen molar-refractivity contribution in [2.75, 3.05) is 13.1 Å². The van der Waals surface area contributed by atoms with Gasteiger partial charge in [-0.25, -0.2) is 4.79 Å². The number of nitrogens with one attached hydrogen (secondary N) is 1. The molecule has 0 heterocycles. The van der Waals surface area contributed by atoms with Gasteiger partial charge >= 0.3 is 12.0 Å². The molecule has 1 fully saturated rings. The maximum Gasteiger partial charge on any atom is 0.317 e. The summed E-state index contributed by atoms with van der Waals surface area (Å²) in [5.74, 6) is -0.830. The monoisotopic (exact) mass is 256 g/mol. The summed E-state index contributed by atoms with van der Waals surface area (Å²) in [6.07, 6.45) is 3.66. The molecule has 0 aromatic carbocycles. The highest BCUT2D eigenvalue weighted by Crippen LogP contribution is 2.27. The summed E-state index contributed by atoms with van der Waals surface area (Å²) in [6.45, 7) is 6.74. The van der Waals surface area contributed by atoms with E-state index in [4.69, 9.17) is 5.11 Å². The lowest BCUT2D eigenvalue weighted by atomic mass is 9.85. The van der Waals surface area contributed by atoms with Crippen molar-refractivity contribution in [3.05, 3.63) is 0 Å². The standard InChI is InChI=1S/C13H24N2O3/c1-4-15(8-11-6-5-7-11)13(18)14-10(3)9(2)12(16)17/h9-11H,4-8H2,1-3H3,(H,14,18)(H,16,17). The maximum absolute atomic E-state index is 12.0. The second-order valence-corrected chi connectivity index (χ2v) is 5.20. The number of carbonyl (C=O) groups excluding carboxylic acids is 1. The normalized spacial score (nSPS) is 18.6. The zero-order valence-corrected chi connectivity index (χ0v) is 11.5. The van der Waals surface area contributed by atoms with Crippen LogP contribution in [0.25, 0.3) is 0 Å². The van der Waals surface area contributed by atoms with E-state index in [0.29, 0.717) is 12.5 Å². The van der Waals surface area contributed by atoms with E-state index in [9.17, 15) is 9.59 Å². The molecule has 1 aliphatic carbocycles. The molecule has 5 nitrogen and oxygen atoms in total. The van der Waals surface area contributed by atoms with Crippen molar-refractivity contribution in [2.24, 2.45) is 11.8 Å². The van der Waals surface area contributed by atoms with Crippen molar-refractivity contribution in [2.45, 2.75) is 46.1 Å². The summed E-state index contributed by atoms with van der Waals surface area (Å²) in [4.78, 5) is 24.6. The van der Waals surface area contributed by atoms with Gasteiger partial charge in [0.1, 0.15) is 0 Å². The topological polar surface area (TPSA) is 69.6 Å². The minimum Gasteiger partial charge on any atom is -0.481 e. The Morgan fingerprint density at radius 3 is 2.39 bits per heavy atom. The summed E-state index contributed by atoms with van der Waals surface area (Å²) < 4.78 is 0. The average molecular weight is 256 g/mol. The lowest BCUT2D eigenvalue weighted by Gasteiger charge is -2.32. The molecule has 2 N–H and O–H groups in total. The largest absolute Gasteiger partial charge is 0.481 e. The molecule has 2 atom stereocenters. The number of hydrogen-bond donors (Lipinski definition) is 2. The number of amides is 2. The molecular formula is C13H24N2O3. The van der Waals surface area contributed by atoms with Crippen molar-refractivity contribution in [1.29, 1.82) is 0 Å². The molecule has 1 saturated carbocycles. The van der Waals surface area contributed by atoms with Crippen LogP contribution in [0.2, 0.25) is 0 Å². The van der Waals surface area contributed by atoms with E-state index in [0.717, 1.165) is 6.54 Å². The molecule has 0 aromatic rings.